The van der Waals surface area contributed by atoms with E-state index < -0.39 is 5.91 Å². The Morgan fingerprint density at radius 2 is 2.00 bits per heavy atom. The van der Waals surface area contributed by atoms with Crippen LogP contribution in [0.15, 0.2) is 4.52 Å². The first-order valence-corrected chi connectivity index (χ1v) is 9.38. The monoisotopic (exact) mass is 350 g/mol. The van der Waals surface area contributed by atoms with Crippen LogP contribution in [-0.4, -0.2) is 28.0 Å². The summed E-state index contributed by atoms with van der Waals surface area (Å²) in [6, 6.07) is -0.00800. The van der Waals surface area contributed by atoms with Crippen molar-refractivity contribution in [1.29, 1.82) is 0 Å². The predicted octanol–water partition coefficient (Wildman–Crippen LogP) is 2.92. The van der Waals surface area contributed by atoms with Gasteiger partial charge in [-0.15, -0.1) is 0 Å². The predicted molar refractivity (Wildman–Crippen MR) is 93.9 cm³/mol. The molecule has 1 saturated carbocycles. The lowest BCUT2D eigenvalue weighted by Crippen LogP contribution is -2.30. The standard InChI is InChI=1S/C18H30N4O3/c1-12(2)20-17(24)16-21-18(25-22-16)14(11-15(19)23)10-6-9-13-7-4-3-5-8-13/h12-14H,3-11H2,1-2H3,(H2,19,23)(H,20,24). The average molecular weight is 350 g/mol. The third-order valence-corrected chi connectivity index (χ3v) is 4.75. The molecule has 1 aliphatic rings. The van der Waals surface area contributed by atoms with Gasteiger partial charge >= 0.3 is 0 Å². The van der Waals surface area contributed by atoms with E-state index in [0.29, 0.717) is 5.89 Å². The first kappa shape index (κ1) is 19.4. The van der Waals surface area contributed by atoms with E-state index in [-0.39, 0.29) is 30.1 Å². The van der Waals surface area contributed by atoms with E-state index in [4.69, 9.17) is 10.3 Å². The van der Waals surface area contributed by atoms with Crippen molar-refractivity contribution in [3.8, 4) is 0 Å². The summed E-state index contributed by atoms with van der Waals surface area (Å²) < 4.78 is 5.24. The number of nitrogens with one attached hydrogen (secondary N) is 1. The third-order valence-electron chi connectivity index (χ3n) is 4.75. The van der Waals surface area contributed by atoms with Crippen molar-refractivity contribution in [2.75, 3.05) is 0 Å². The van der Waals surface area contributed by atoms with Crippen LogP contribution in [0.1, 0.15) is 94.1 Å². The molecule has 1 aromatic heterocycles. The van der Waals surface area contributed by atoms with E-state index in [1.165, 1.54) is 32.1 Å². The van der Waals surface area contributed by atoms with Gasteiger partial charge in [-0.25, -0.2) is 0 Å². The molecule has 0 saturated heterocycles. The highest BCUT2D eigenvalue weighted by molar-refractivity contribution is 5.90. The molecule has 0 aromatic carbocycles. The van der Waals surface area contributed by atoms with E-state index in [2.05, 4.69) is 15.5 Å². The van der Waals surface area contributed by atoms with Crippen molar-refractivity contribution in [3.63, 3.8) is 0 Å². The Morgan fingerprint density at radius 1 is 1.28 bits per heavy atom. The summed E-state index contributed by atoms with van der Waals surface area (Å²) in [5.74, 6) is 0.146. The van der Waals surface area contributed by atoms with Gasteiger partial charge in [0, 0.05) is 18.4 Å². The minimum atomic E-state index is -0.394. The Kier molecular flexibility index (Phi) is 7.40. The average Bonchev–Trinajstić information content (AvgIpc) is 3.04. The largest absolute Gasteiger partial charge is 0.370 e. The SMILES string of the molecule is CC(C)NC(=O)c1noc(C(CCCC2CCCCC2)CC(N)=O)n1. The number of carbonyl (C=O) groups excluding carboxylic acids is 2. The smallest absolute Gasteiger partial charge is 0.292 e. The number of aromatic nitrogens is 2. The number of nitrogens with two attached hydrogens (primary N) is 1. The van der Waals surface area contributed by atoms with Crippen molar-refractivity contribution < 1.29 is 14.1 Å². The minimum Gasteiger partial charge on any atom is -0.370 e. The van der Waals surface area contributed by atoms with Gasteiger partial charge in [-0.1, -0.05) is 50.1 Å². The van der Waals surface area contributed by atoms with Crippen LogP contribution in [-0.2, 0) is 4.79 Å². The van der Waals surface area contributed by atoms with E-state index in [0.717, 1.165) is 25.2 Å². The van der Waals surface area contributed by atoms with Crippen LogP contribution >= 0.6 is 0 Å². The van der Waals surface area contributed by atoms with Crippen molar-refractivity contribution >= 4 is 11.8 Å². The number of amides is 2. The molecule has 7 heteroatoms. The molecule has 1 heterocycles. The van der Waals surface area contributed by atoms with Crippen LogP contribution in [0.5, 0.6) is 0 Å². The van der Waals surface area contributed by atoms with Crippen LogP contribution in [0, 0.1) is 5.92 Å². The molecule has 0 bridgehead atoms. The summed E-state index contributed by atoms with van der Waals surface area (Å²) in [6.07, 6.45) is 9.71. The van der Waals surface area contributed by atoms with Gasteiger partial charge in [0.15, 0.2) is 0 Å². The molecule has 1 aromatic rings. The summed E-state index contributed by atoms with van der Waals surface area (Å²) in [7, 11) is 0. The highest BCUT2D eigenvalue weighted by Gasteiger charge is 2.24. The van der Waals surface area contributed by atoms with Crippen molar-refractivity contribution in [1.82, 2.24) is 15.5 Å². The van der Waals surface area contributed by atoms with Crippen molar-refractivity contribution in [2.24, 2.45) is 11.7 Å². The second-order valence-electron chi connectivity index (χ2n) is 7.39. The second-order valence-corrected chi connectivity index (χ2v) is 7.39. The number of carbonyl (C=O) groups is 2. The summed E-state index contributed by atoms with van der Waals surface area (Å²) in [5, 5.41) is 6.47. The molecule has 1 unspecified atom stereocenters. The maximum absolute atomic E-state index is 11.9. The van der Waals surface area contributed by atoms with E-state index >= 15 is 0 Å². The fraction of sp³-hybridized carbons (Fsp3) is 0.778. The van der Waals surface area contributed by atoms with Crippen LogP contribution in [0.2, 0.25) is 0 Å². The molecule has 7 nitrogen and oxygen atoms in total. The Bertz CT molecular complexity index is 564. The summed E-state index contributed by atoms with van der Waals surface area (Å²) in [6.45, 7) is 3.72. The normalized spacial score (nSPS) is 16.8. The molecule has 25 heavy (non-hydrogen) atoms. The maximum atomic E-state index is 11.9. The fourth-order valence-corrected chi connectivity index (χ4v) is 3.50. The maximum Gasteiger partial charge on any atom is 0.292 e. The molecule has 0 radical (unpaired) electrons. The van der Waals surface area contributed by atoms with Gasteiger partial charge in [0.25, 0.3) is 11.7 Å². The fourth-order valence-electron chi connectivity index (χ4n) is 3.50. The number of nitrogens with zero attached hydrogens (tertiary/aromatic N) is 2. The number of hydrogen-bond acceptors (Lipinski definition) is 5. The van der Waals surface area contributed by atoms with Gasteiger partial charge in [0.05, 0.1) is 0 Å². The van der Waals surface area contributed by atoms with Crippen LogP contribution < -0.4 is 11.1 Å². The number of hydrogen-bond donors (Lipinski definition) is 2. The zero-order valence-electron chi connectivity index (χ0n) is 15.3. The van der Waals surface area contributed by atoms with Crippen molar-refractivity contribution in [2.45, 2.75) is 83.6 Å². The number of rotatable bonds is 9. The first-order valence-electron chi connectivity index (χ1n) is 9.38. The van der Waals surface area contributed by atoms with Crippen LogP contribution in [0.3, 0.4) is 0 Å². The lowest BCUT2D eigenvalue weighted by atomic mass is 9.84. The van der Waals surface area contributed by atoms with Gasteiger partial charge in [-0.05, 0) is 26.2 Å². The summed E-state index contributed by atoms with van der Waals surface area (Å²) >= 11 is 0. The molecule has 140 valence electrons. The van der Waals surface area contributed by atoms with E-state index in [1.54, 1.807) is 0 Å². The second kappa shape index (κ2) is 9.53. The molecule has 0 spiro atoms. The van der Waals surface area contributed by atoms with Gasteiger partial charge in [0.1, 0.15) is 0 Å². The first-order chi connectivity index (χ1) is 12.0. The Labute approximate surface area is 149 Å². The molecule has 3 N–H and O–H groups in total. The molecular weight excluding hydrogens is 320 g/mol. The zero-order valence-corrected chi connectivity index (χ0v) is 15.3. The van der Waals surface area contributed by atoms with Gasteiger partial charge in [-0.3, -0.25) is 9.59 Å². The Morgan fingerprint density at radius 3 is 2.64 bits per heavy atom. The Balaban J connectivity index is 1.93. The molecular formula is C18H30N4O3. The quantitative estimate of drug-likeness (QED) is 0.711. The summed E-state index contributed by atoms with van der Waals surface area (Å²) in [5.41, 5.74) is 5.37. The van der Waals surface area contributed by atoms with Gasteiger partial charge in [-0.2, -0.15) is 4.98 Å². The lowest BCUT2D eigenvalue weighted by molar-refractivity contribution is -0.118. The highest BCUT2D eigenvalue weighted by atomic mass is 16.5. The van der Waals surface area contributed by atoms with E-state index in [9.17, 15) is 9.59 Å². The zero-order chi connectivity index (χ0) is 18.2. The molecule has 1 aliphatic carbocycles. The topological polar surface area (TPSA) is 111 Å². The molecule has 1 fully saturated rings. The highest BCUT2D eigenvalue weighted by Crippen LogP contribution is 2.30. The molecule has 2 amide bonds. The van der Waals surface area contributed by atoms with Crippen LogP contribution in [0.4, 0.5) is 0 Å². The van der Waals surface area contributed by atoms with Crippen molar-refractivity contribution in [3.05, 3.63) is 11.7 Å². The van der Waals surface area contributed by atoms with E-state index in [1.807, 2.05) is 13.8 Å². The lowest BCUT2D eigenvalue weighted by Gasteiger charge is -2.21. The molecule has 0 aliphatic heterocycles. The summed E-state index contributed by atoms with van der Waals surface area (Å²) in [4.78, 5) is 27.5. The third kappa shape index (κ3) is 6.48. The van der Waals surface area contributed by atoms with Crippen LogP contribution in [0.25, 0.3) is 0 Å². The van der Waals surface area contributed by atoms with Gasteiger partial charge in [0.2, 0.25) is 11.8 Å². The molecule has 1 atom stereocenters. The van der Waals surface area contributed by atoms with Gasteiger partial charge < -0.3 is 15.6 Å². The number of primary amides is 1. The Hall–Kier alpha value is -1.92. The molecule has 2 rings (SSSR count). The minimum absolute atomic E-state index is 0.00505.